The predicted molar refractivity (Wildman–Crippen MR) is 211 cm³/mol. The van der Waals surface area contributed by atoms with Crippen LogP contribution in [-0.2, 0) is 25.3 Å². The van der Waals surface area contributed by atoms with Crippen LogP contribution in [0, 0.1) is 13.8 Å². The Bertz CT molecular complexity index is 2500. The molecule has 2 amide bonds. The highest BCUT2D eigenvalue weighted by molar-refractivity contribution is 6.36. The van der Waals surface area contributed by atoms with Crippen molar-refractivity contribution in [3.63, 3.8) is 0 Å². The second-order valence-corrected chi connectivity index (χ2v) is 15.2. The van der Waals surface area contributed by atoms with E-state index in [1.165, 1.54) is 17.2 Å². The molecule has 2 fully saturated rings. The van der Waals surface area contributed by atoms with Gasteiger partial charge in [0.1, 0.15) is 17.0 Å². The third kappa shape index (κ3) is 6.21. The molecule has 286 valence electrons. The van der Waals surface area contributed by atoms with E-state index in [4.69, 9.17) is 26.1 Å². The van der Waals surface area contributed by atoms with E-state index in [2.05, 4.69) is 31.6 Å². The fraction of sp³-hybridized carbons (Fsp3) is 0.400. The number of aryl methyl sites for hydroxylation is 3. The van der Waals surface area contributed by atoms with E-state index in [1.807, 2.05) is 48.2 Å². The molecule has 3 aliphatic rings. The minimum atomic E-state index is -0.481. The van der Waals surface area contributed by atoms with Crippen molar-refractivity contribution in [3.05, 3.63) is 90.8 Å². The maximum atomic E-state index is 13.3. The Morgan fingerprint density at radius 3 is 2.53 bits per heavy atom. The Morgan fingerprint density at radius 2 is 1.75 bits per heavy atom. The van der Waals surface area contributed by atoms with Crippen molar-refractivity contribution in [2.24, 2.45) is 14.1 Å². The van der Waals surface area contributed by atoms with E-state index in [0.717, 1.165) is 76.1 Å². The van der Waals surface area contributed by atoms with Crippen LogP contribution in [0.5, 0.6) is 5.88 Å². The van der Waals surface area contributed by atoms with Gasteiger partial charge in [-0.25, -0.2) is 24.5 Å². The molecule has 0 radical (unpaired) electrons. The summed E-state index contributed by atoms with van der Waals surface area (Å²) in [6.45, 7) is 7.11. The van der Waals surface area contributed by atoms with Crippen molar-refractivity contribution in [3.8, 4) is 28.3 Å². The molecule has 2 aromatic carbocycles. The SMILES string of the molecule is COCCN1C[C@@]2(CCN([C@@H]3CCc4cc(-c5cccc(-c6cccc(Nc7nc(C)nc8c7c(=O)n(C)c(=O)n8C)c6C)c5Cl)nc(OC)c43)C2)NC1=O. The molecule has 1 spiro atoms. The zero-order valence-corrected chi connectivity index (χ0v) is 32.6. The van der Waals surface area contributed by atoms with Crippen LogP contribution in [-0.4, -0.2) is 92.5 Å². The quantitative estimate of drug-likeness (QED) is 0.213. The summed E-state index contributed by atoms with van der Waals surface area (Å²) in [5.74, 6) is 1.32. The number of hydrogen-bond acceptors (Lipinski definition) is 10. The number of benzene rings is 2. The Kier molecular flexibility index (Phi) is 9.38. The van der Waals surface area contributed by atoms with Crippen LogP contribution in [0.15, 0.2) is 52.1 Å². The molecule has 2 N–H and O–H groups in total. The third-order valence-corrected chi connectivity index (χ3v) is 11.8. The first-order chi connectivity index (χ1) is 26.4. The van der Waals surface area contributed by atoms with Gasteiger partial charge in [-0.2, -0.15) is 0 Å². The molecule has 14 nitrogen and oxygen atoms in total. The molecule has 3 aromatic heterocycles. The highest BCUT2D eigenvalue weighted by Crippen LogP contribution is 2.46. The summed E-state index contributed by atoms with van der Waals surface area (Å²) in [4.78, 5) is 57.1. The number of urea groups is 1. The fourth-order valence-electron chi connectivity index (χ4n) is 8.59. The van der Waals surface area contributed by atoms with E-state index in [-0.39, 0.29) is 28.6 Å². The topological polar surface area (TPSA) is 149 Å². The molecule has 15 heteroatoms. The van der Waals surface area contributed by atoms with Gasteiger partial charge < -0.3 is 25.0 Å². The molecule has 8 rings (SSSR count). The number of carbonyl (C=O) groups is 1. The van der Waals surface area contributed by atoms with Crippen LogP contribution in [0.1, 0.15) is 41.4 Å². The number of pyridine rings is 1. The Hall–Kier alpha value is -5.31. The predicted octanol–water partition coefficient (Wildman–Crippen LogP) is 4.88. The highest BCUT2D eigenvalue weighted by Gasteiger charge is 2.49. The number of rotatable bonds is 9. The number of nitrogens with zero attached hydrogens (tertiary/aromatic N) is 7. The van der Waals surface area contributed by atoms with Crippen LogP contribution in [0.25, 0.3) is 33.4 Å². The van der Waals surface area contributed by atoms with Gasteiger partial charge in [0.2, 0.25) is 5.88 Å². The number of amides is 2. The van der Waals surface area contributed by atoms with Crippen molar-refractivity contribution < 1.29 is 14.3 Å². The molecule has 1 aliphatic carbocycles. The van der Waals surface area contributed by atoms with Crippen LogP contribution < -0.4 is 26.6 Å². The number of aromatic nitrogens is 5. The van der Waals surface area contributed by atoms with E-state index in [9.17, 15) is 14.4 Å². The summed E-state index contributed by atoms with van der Waals surface area (Å²) in [7, 11) is 6.34. The molecule has 0 saturated carbocycles. The molecule has 0 bridgehead atoms. The van der Waals surface area contributed by atoms with Crippen LogP contribution in [0.3, 0.4) is 0 Å². The van der Waals surface area contributed by atoms with Gasteiger partial charge in [0.15, 0.2) is 5.65 Å². The van der Waals surface area contributed by atoms with Crippen LogP contribution in [0.2, 0.25) is 5.02 Å². The van der Waals surface area contributed by atoms with Crippen molar-refractivity contribution >= 4 is 40.2 Å². The first-order valence-electron chi connectivity index (χ1n) is 18.4. The first-order valence-corrected chi connectivity index (χ1v) is 18.8. The van der Waals surface area contributed by atoms with Gasteiger partial charge in [-0.05, 0) is 61.9 Å². The zero-order chi connectivity index (χ0) is 38.8. The highest BCUT2D eigenvalue weighted by atomic mass is 35.5. The van der Waals surface area contributed by atoms with E-state index in [0.29, 0.717) is 42.2 Å². The Balaban J connectivity index is 1.10. The summed E-state index contributed by atoms with van der Waals surface area (Å²) in [5.41, 5.74) is 6.17. The smallest absolute Gasteiger partial charge is 0.332 e. The second kappa shape index (κ2) is 14.1. The van der Waals surface area contributed by atoms with Gasteiger partial charge in [-0.15, -0.1) is 0 Å². The number of halogens is 1. The zero-order valence-electron chi connectivity index (χ0n) is 31.8. The molecule has 2 saturated heterocycles. The Morgan fingerprint density at radius 1 is 0.982 bits per heavy atom. The minimum absolute atomic E-state index is 0.0254. The lowest BCUT2D eigenvalue weighted by Crippen LogP contribution is -2.46. The number of likely N-dealkylation sites (tertiary alicyclic amines) is 1. The van der Waals surface area contributed by atoms with Crippen molar-refractivity contribution in [2.75, 3.05) is 52.3 Å². The van der Waals surface area contributed by atoms with Gasteiger partial charge >= 0.3 is 11.7 Å². The van der Waals surface area contributed by atoms with Crippen molar-refractivity contribution in [1.29, 1.82) is 0 Å². The molecule has 5 heterocycles. The first kappa shape index (κ1) is 36.7. The number of hydrogen-bond donors (Lipinski definition) is 2. The van der Waals surface area contributed by atoms with Crippen LogP contribution >= 0.6 is 11.6 Å². The van der Waals surface area contributed by atoms with Crippen LogP contribution in [0.4, 0.5) is 16.3 Å². The number of anilines is 2. The molecule has 55 heavy (non-hydrogen) atoms. The van der Waals surface area contributed by atoms with Gasteiger partial charge in [0.05, 0.1) is 30.0 Å². The largest absolute Gasteiger partial charge is 0.481 e. The minimum Gasteiger partial charge on any atom is -0.481 e. The Labute approximate surface area is 323 Å². The monoisotopic (exact) mass is 765 g/mol. The summed E-state index contributed by atoms with van der Waals surface area (Å²) in [5, 5.41) is 7.41. The normalized spacial score (nSPS) is 19.4. The van der Waals surface area contributed by atoms with Gasteiger partial charge in [-0.1, -0.05) is 41.9 Å². The average Bonchev–Trinajstić information content (AvgIpc) is 3.88. The summed E-state index contributed by atoms with van der Waals surface area (Å²) in [6, 6.07) is 14.0. The number of fused-ring (bicyclic) bond motifs is 2. The summed E-state index contributed by atoms with van der Waals surface area (Å²) >= 11 is 7.28. The molecule has 2 aliphatic heterocycles. The number of methoxy groups -OCH3 is 2. The van der Waals surface area contributed by atoms with Gasteiger partial charge in [0, 0.05) is 75.8 Å². The lowest BCUT2D eigenvalue weighted by molar-refractivity contribution is 0.158. The summed E-state index contributed by atoms with van der Waals surface area (Å²) < 4.78 is 13.6. The van der Waals surface area contributed by atoms with Gasteiger partial charge in [0.25, 0.3) is 5.56 Å². The molecular weight excluding hydrogens is 722 g/mol. The third-order valence-electron chi connectivity index (χ3n) is 11.4. The standard InChI is InChI=1S/C40H44ClN9O5/c1-22-25(9-8-12-28(22)44-34-32-35(43-23(2)42-34)47(3)39(53)48(4)37(32)51)26-10-7-11-27(33(26)41)29-19-24-13-14-30(31(24)36(45-29)55-6)49-16-15-40(20-49)21-50(17-18-54-5)38(52)46-40/h7-12,19,30H,13-18,20-21H2,1-6H3,(H,46,52)(H,42,43,44)/t30-,40+/m1/s1. The number of ether oxygens (including phenoxy) is 2. The van der Waals surface area contributed by atoms with E-state index in [1.54, 1.807) is 28.2 Å². The second-order valence-electron chi connectivity index (χ2n) is 14.8. The maximum Gasteiger partial charge on any atom is 0.332 e. The maximum absolute atomic E-state index is 13.3. The molecule has 0 unspecified atom stereocenters. The number of carbonyl (C=O) groups excluding carboxylic acids is 1. The lowest BCUT2D eigenvalue weighted by atomic mass is 9.96. The lowest BCUT2D eigenvalue weighted by Gasteiger charge is -2.28. The number of nitrogens with one attached hydrogen (secondary N) is 2. The summed E-state index contributed by atoms with van der Waals surface area (Å²) in [6.07, 6.45) is 2.69. The van der Waals surface area contributed by atoms with Crippen molar-refractivity contribution in [1.82, 2.24) is 39.2 Å². The van der Waals surface area contributed by atoms with E-state index < -0.39 is 11.2 Å². The van der Waals surface area contributed by atoms with Gasteiger partial charge in [-0.3, -0.25) is 18.8 Å². The fourth-order valence-corrected chi connectivity index (χ4v) is 8.92. The molecule has 5 aromatic rings. The van der Waals surface area contributed by atoms with E-state index >= 15 is 0 Å². The van der Waals surface area contributed by atoms with Crippen molar-refractivity contribution in [2.45, 2.75) is 44.7 Å². The molecule has 2 atom stereocenters. The average molecular weight is 766 g/mol. The molecular formula is C40H44ClN9O5.